The molecule has 0 spiro atoms. The molecule has 0 bridgehead atoms. The number of piperazine rings is 2. The van der Waals surface area contributed by atoms with Crippen molar-refractivity contribution in [3.8, 4) is 0 Å². The van der Waals surface area contributed by atoms with Gasteiger partial charge in [0.15, 0.2) is 6.17 Å². The van der Waals surface area contributed by atoms with Gasteiger partial charge < -0.3 is 4.48 Å². The number of nitro benzene ring substituents is 1. The molecule has 7 heteroatoms. The van der Waals surface area contributed by atoms with E-state index in [1.807, 2.05) is 12.1 Å². The zero-order valence-corrected chi connectivity index (χ0v) is 15.3. The third-order valence-corrected chi connectivity index (χ3v) is 7.04. The van der Waals surface area contributed by atoms with Crippen LogP contribution in [0.5, 0.6) is 0 Å². The minimum atomic E-state index is -0.307. The third-order valence-electron chi connectivity index (χ3n) is 7.04. The minimum Gasteiger partial charge on any atom is -0.301 e. The van der Waals surface area contributed by atoms with Crippen molar-refractivity contribution in [2.45, 2.75) is 31.7 Å². The highest BCUT2D eigenvalue weighted by atomic mass is 16.6. The molecule has 0 radical (unpaired) electrons. The fraction of sp³-hybridized carbons (Fsp3) is 0.684. The van der Waals surface area contributed by atoms with Crippen LogP contribution in [-0.4, -0.2) is 88.8 Å². The smallest absolute Gasteiger partial charge is 0.269 e. The topological polar surface area (TPSA) is 52.9 Å². The number of nitrogens with zero attached hydrogens (tertiary/aromatic N) is 5. The number of non-ortho nitro benzene ring substituents is 1. The highest BCUT2D eigenvalue weighted by Gasteiger charge is 2.57. The van der Waals surface area contributed by atoms with Crippen LogP contribution in [-0.2, 0) is 6.54 Å². The highest BCUT2D eigenvalue weighted by Crippen LogP contribution is 2.39. The van der Waals surface area contributed by atoms with Gasteiger partial charge in [0, 0.05) is 63.4 Å². The van der Waals surface area contributed by atoms with Crippen LogP contribution in [0, 0.1) is 10.1 Å². The molecular weight excluding hydrogens is 330 g/mol. The summed E-state index contributed by atoms with van der Waals surface area (Å²) in [6.07, 6.45) is 3.67. The summed E-state index contributed by atoms with van der Waals surface area (Å²) in [4.78, 5) is 18.8. The Balaban J connectivity index is 1.46. The minimum absolute atomic E-state index is 0.190. The lowest BCUT2D eigenvalue weighted by atomic mass is 9.96. The van der Waals surface area contributed by atoms with Gasteiger partial charge in [-0.3, -0.25) is 24.8 Å². The molecule has 7 nitrogen and oxygen atoms in total. The second-order valence-corrected chi connectivity index (χ2v) is 8.39. The molecule has 1 aromatic carbocycles. The van der Waals surface area contributed by atoms with Gasteiger partial charge in [0.1, 0.15) is 12.7 Å². The first-order valence-corrected chi connectivity index (χ1v) is 9.98. The van der Waals surface area contributed by atoms with Gasteiger partial charge in [-0.25, -0.2) is 0 Å². The molecule has 4 aliphatic heterocycles. The lowest BCUT2D eigenvalue weighted by molar-refractivity contribution is -0.989. The zero-order valence-electron chi connectivity index (χ0n) is 15.3. The van der Waals surface area contributed by atoms with E-state index in [0.717, 1.165) is 11.0 Å². The average molecular weight is 358 g/mol. The summed E-state index contributed by atoms with van der Waals surface area (Å²) >= 11 is 0. The molecule has 140 valence electrons. The van der Waals surface area contributed by atoms with Gasteiger partial charge in [0.2, 0.25) is 0 Å². The Hall–Kier alpha value is -1.54. The molecule has 4 aliphatic rings. The number of hydrogen-bond acceptors (Lipinski definition) is 5. The fourth-order valence-corrected chi connectivity index (χ4v) is 5.92. The predicted octanol–water partition coefficient (Wildman–Crippen LogP) is 1.30. The number of hydrogen-bond donors (Lipinski definition) is 0. The SMILES string of the molecule is O=[N+]([O-])c1ccc(C[N+]23CCCN4CCN5CCCN(CC2)C5C43)cc1. The van der Waals surface area contributed by atoms with Crippen molar-refractivity contribution in [2.24, 2.45) is 0 Å². The van der Waals surface area contributed by atoms with Crippen molar-refractivity contribution in [1.82, 2.24) is 14.7 Å². The summed E-state index contributed by atoms with van der Waals surface area (Å²) in [5.41, 5.74) is 1.42. The van der Waals surface area contributed by atoms with E-state index in [2.05, 4.69) is 14.7 Å². The monoisotopic (exact) mass is 358 g/mol. The quantitative estimate of drug-likeness (QED) is 0.463. The van der Waals surface area contributed by atoms with E-state index >= 15 is 0 Å². The molecule has 0 aromatic heterocycles. The molecule has 3 unspecified atom stereocenters. The molecule has 1 aromatic rings. The first-order chi connectivity index (χ1) is 12.7. The van der Waals surface area contributed by atoms with E-state index in [9.17, 15) is 10.1 Å². The van der Waals surface area contributed by atoms with E-state index in [4.69, 9.17) is 0 Å². The number of benzene rings is 1. The van der Waals surface area contributed by atoms with Gasteiger partial charge in [-0.05, 0) is 18.6 Å². The van der Waals surface area contributed by atoms with Crippen LogP contribution in [0.25, 0.3) is 0 Å². The Morgan fingerprint density at radius 3 is 2.38 bits per heavy atom. The van der Waals surface area contributed by atoms with E-state index in [1.54, 1.807) is 12.1 Å². The molecule has 4 saturated heterocycles. The summed E-state index contributed by atoms with van der Waals surface area (Å²) in [7, 11) is 0. The van der Waals surface area contributed by atoms with Crippen molar-refractivity contribution in [3.05, 3.63) is 39.9 Å². The Bertz CT molecular complexity index is 690. The molecule has 4 fully saturated rings. The van der Waals surface area contributed by atoms with E-state index in [1.165, 1.54) is 70.8 Å². The molecule has 0 aliphatic carbocycles. The van der Waals surface area contributed by atoms with E-state index < -0.39 is 0 Å². The van der Waals surface area contributed by atoms with Crippen LogP contribution in [0.3, 0.4) is 0 Å². The summed E-state index contributed by atoms with van der Waals surface area (Å²) in [5.74, 6) is 0. The number of quaternary nitrogens is 1. The Morgan fingerprint density at radius 2 is 1.62 bits per heavy atom. The van der Waals surface area contributed by atoms with Crippen LogP contribution >= 0.6 is 0 Å². The fourth-order valence-electron chi connectivity index (χ4n) is 5.92. The van der Waals surface area contributed by atoms with Crippen molar-refractivity contribution in [3.63, 3.8) is 0 Å². The van der Waals surface area contributed by atoms with Crippen LogP contribution < -0.4 is 0 Å². The first-order valence-electron chi connectivity index (χ1n) is 9.98. The average Bonchev–Trinajstić information content (AvgIpc) is 2.67. The molecule has 0 amide bonds. The maximum absolute atomic E-state index is 11.0. The van der Waals surface area contributed by atoms with Crippen LogP contribution in [0.1, 0.15) is 18.4 Å². The van der Waals surface area contributed by atoms with Gasteiger partial charge >= 0.3 is 0 Å². The van der Waals surface area contributed by atoms with Crippen LogP contribution in [0.4, 0.5) is 5.69 Å². The molecule has 0 N–H and O–H groups in total. The summed E-state index contributed by atoms with van der Waals surface area (Å²) in [5, 5.41) is 11.0. The zero-order chi connectivity index (χ0) is 17.7. The highest BCUT2D eigenvalue weighted by molar-refractivity contribution is 5.32. The molecule has 26 heavy (non-hydrogen) atoms. The summed E-state index contributed by atoms with van der Waals surface area (Å²) in [6.45, 7) is 10.7. The van der Waals surface area contributed by atoms with Crippen molar-refractivity contribution >= 4 is 5.69 Å². The molecule has 4 heterocycles. The Labute approximate surface area is 154 Å². The van der Waals surface area contributed by atoms with Crippen LogP contribution in [0.15, 0.2) is 24.3 Å². The third kappa shape index (κ3) is 2.57. The molecule has 5 rings (SSSR count). The van der Waals surface area contributed by atoms with Crippen LogP contribution in [0.2, 0.25) is 0 Å². The number of rotatable bonds is 3. The van der Waals surface area contributed by atoms with Crippen molar-refractivity contribution in [1.29, 1.82) is 0 Å². The van der Waals surface area contributed by atoms with E-state index in [0.29, 0.717) is 12.3 Å². The van der Waals surface area contributed by atoms with Gasteiger partial charge in [-0.15, -0.1) is 0 Å². The lowest BCUT2D eigenvalue weighted by Crippen LogP contribution is -2.82. The molecule has 0 saturated carbocycles. The normalized spacial score (nSPS) is 35.1. The predicted molar refractivity (Wildman–Crippen MR) is 98.3 cm³/mol. The second kappa shape index (κ2) is 6.27. The maximum Gasteiger partial charge on any atom is 0.269 e. The summed E-state index contributed by atoms with van der Waals surface area (Å²) < 4.78 is 1.13. The maximum atomic E-state index is 11.0. The standard InChI is InChI=1S/C19H28N5O2/c25-23(26)17-5-3-16(4-6-17)15-24-13-2-9-22-11-10-20-7-1-8-21(12-14-24)18(20)19(22)24/h3-6,18-19H,1-2,7-15H2/q+1. The number of nitro groups is 1. The van der Waals surface area contributed by atoms with Gasteiger partial charge in [0.05, 0.1) is 18.0 Å². The molecule has 3 atom stereocenters. The van der Waals surface area contributed by atoms with Gasteiger partial charge in [-0.1, -0.05) is 0 Å². The van der Waals surface area contributed by atoms with Crippen molar-refractivity contribution in [2.75, 3.05) is 52.4 Å². The second-order valence-electron chi connectivity index (χ2n) is 8.39. The Kier molecular flexibility index (Phi) is 4.01. The largest absolute Gasteiger partial charge is 0.301 e. The molecular formula is C19H28N5O2+. The van der Waals surface area contributed by atoms with E-state index in [-0.39, 0.29) is 10.6 Å². The Morgan fingerprint density at radius 1 is 0.923 bits per heavy atom. The summed E-state index contributed by atoms with van der Waals surface area (Å²) in [6, 6.07) is 7.27. The van der Waals surface area contributed by atoms with Gasteiger partial charge in [0.25, 0.3) is 5.69 Å². The van der Waals surface area contributed by atoms with Gasteiger partial charge in [-0.2, -0.15) is 0 Å². The van der Waals surface area contributed by atoms with Crippen molar-refractivity contribution < 1.29 is 9.41 Å². The lowest BCUT2D eigenvalue weighted by Gasteiger charge is -2.65. The first kappa shape index (κ1) is 16.6.